The standard InChI is InChI=1S/C14H19NO3/c1-2-12(14(15)17)18-13-8-4-5-9-10(13)6-3-7-11(9)16/h4-5,8,11-12,16H,2-3,6-7H2,1H3,(H2,15,17). The molecule has 0 bridgehead atoms. The van der Waals surface area contributed by atoms with Gasteiger partial charge in [-0.15, -0.1) is 0 Å². The average molecular weight is 249 g/mol. The van der Waals surface area contributed by atoms with Crippen LogP contribution < -0.4 is 10.5 Å². The van der Waals surface area contributed by atoms with Gasteiger partial charge in [0.05, 0.1) is 6.10 Å². The summed E-state index contributed by atoms with van der Waals surface area (Å²) in [5.74, 6) is 0.225. The van der Waals surface area contributed by atoms with Gasteiger partial charge in [-0.25, -0.2) is 0 Å². The van der Waals surface area contributed by atoms with Crippen molar-refractivity contribution in [2.75, 3.05) is 0 Å². The van der Waals surface area contributed by atoms with E-state index in [1.54, 1.807) is 0 Å². The van der Waals surface area contributed by atoms with Gasteiger partial charge in [0.25, 0.3) is 5.91 Å². The van der Waals surface area contributed by atoms with Crippen LogP contribution in [0, 0.1) is 0 Å². The van der Waals surface area contributed by atoms with Crippen LogP contribution in [0.5, 0.6) is 5.75 Å². The van der Waals surface area contributed by atoms with Crippen LogP contribution in [-0.2, 0) is 11.2 Å². The number of aliphatic hydroxyl groups excluding tert-OH is 1. The van der Waals surface area contributed by atoms with Crippen molar-refractivity contribution in [2.24, 2.45) is 5.73 Å². The second-order valence-corrected chi connectivity index (χ2v) is 4.65. The van der Waals surface area contributed by atoms with Crippen LogP contribution in [0.25, 0.3) is 0 Å². The Hall–Kier alpha value is -1.55. The lowest BCUT2D eigenvalue weighted by Crippen LogP contribution is -2.33. The summed E-state index contributed by atoms with van der Waals surface area (Å²) in [5, 5.41) is 9.94. The number of primary amides is 1. The summed E-state index contributed by atoms with van der Waals surface area (Å²) in [7, 11) is 0. The Morgan fingerprint density at radius 2 is 2.39 bits per heavy atom. The zero-order valence-electron chi connectivity index (χ0n) is 10.6. The molecule has 0 aliphatic heterocycles. The fourth-order valence-corrected chi connectivity index (χ4v) is 2.40. The number of fused-ring (bicyclic) bond motifs is 1. The van der Waals surface area contributed by atoms with E-state index in [0.29, 0.717) is 12.2 Å². The first-order valence-electron chi connectivity index (χ1n) is 6.39. The summed E-state index contributed by atoms with van der Waals surface area (Å²) in [6.45, 7) is 1.86. The summed E-state index contributed by atoms with van der Waals surface area (Å²) in [5.41, 5.74) is 7.21. The molecule has 0 fully saturated rings. The number of ether oxygens (including phenoxy) is 1. The molecule has 2 rings (SSSR count). The third-order valence-electron chi connectivity index (χ3n) is 3.39. The highest BCUT2D eigenvalue weighted by atomic mass is 16.5. The Labute approximate surface area is 107 Å². The van der Waals surface area contributed by atoms with E-state index in [2.05, 4.69) is 0 Å². The number of benzene rings is 1. The minimum absolute atomic E-state index is 0.425. The van der Waals surface area contributed by atoms with Crippen LogP contribution in [0.4, 0.5) is 0 Å². The molecule has 1 aromatic carbocycles. The first-order chi connectivity index (χ1) is 8.63. The van der Waals surface area contributed by atoms with E-state index in [1.165, 1.54) is 0 Å². The first-order valence-corrected chi connectivity index (χ1v) is 6.39. The van der Waals surface area contributed by atoms with Crippen molar-refractivity contribution in [1.82, 2.24) is 0 Å². The number of hydrogen-bond acceptors (Lipinski definition) is 3. The van der Waals surface area contributed by atoms with Crippen molar-refractivity contribution in [3.63, 3.8) is 0 Å². The van der Waals surface area contributed by atoms with E-state index in [-0.39, 0.29) is 0 Å². The van der Waals surface area contributed by atoms with E-state index in [0.717, 1.165) is 30.4 Å². The Bertz CT molecular complexity index is 445. The van der Waals surface area contributed by atoms with E-state index in [4.69, 9.17) is 10.5 Å². The number of carbonyl (C=O) groups is 1. The van der Waals surface area contributed by atoms with Crippen molar-refractivity contribution in [3.05, 3.63) is 29.3 Å². The fraction of sp³-hybridized carbons (Fsp3) is 0.500. The first kappa shape index (κ1) is 12.9. The second kappa shape index (κ2) is 5.40. The van der Waals surface area contributed by atoms with Crippen LogP contribution in [0.1, 0.15) is 43.4 Å². The van der Waals surface area contributed by atoms with Crippen molar-refractivity contribution < 1.29 is 14.6 Å². The molecule has 3 N–H and O–H groups in total. The maximum Gasteiger partial charge on any atom is 0.258 e. The molecule has 4 nitrogen and oxygen atoms in total. The lowest BCUT2D eigenvalue weighted by atomic mass is 9.89. The molecule has 0 heterocycles. The largest absolute Gasteiger partial charge is 0.480 e. The van der Waals surface area contributed by atoms with Crippen LogP contribution in [0.3, 0.4) is 0 Å². The minimum Gasteiger partial charge on any atom is -0.480 e. The molecular formula is C14H19NO3. The summed E-state index contributed by atoms with van der Waals surface area (Å²) in [6, 6.07) is 5.59. The molecular weight excluding hydrogens is 230 g/mol. The Balaban J connectivity index is 2.28. The van der Waals surface area contributed by atoms with Gasteiger partial charge >= 0.3 is 0 Å². The molecule has 2 unspecified atom stereocenters. The molecule has 2 atom stereocenters. The molecule has 1 aliphatic rings. The third-order valence-corrected chi connectivity index (χ3v) is 3.39. The molecule has 1 aromatic rings. The summed E-state index contributed by atoms with van der Waals surface area (Å²) >= 11 is 0. The van der Waals surface area contributed by atoms with Gasteiger partial charge in [0, 0.05) is 0 Å². The number of rotatable bonds is 4. The van der Waals surface area contributed by atoms with Gasteiger partial charge in [-0.05, 0) is 42.9 Å². The lowest BCUT2D eigenvalue weighted by molar-refractivity contribution is -0.124. The van der Waals surface area contributed by atoms with E-state index < -0.39 is 18.1 Å². The molecule has 1 aliphatic carbocycles. The zero-order valence-corrected chi connectivity index (χ0v) is 10.6. The monoisotopic (exact) mass is 249 g/mol. The number of amides is 1. The van der Waals surface area contributed by atoms with Gasteiger partial charge in [0.15, 0.2) is 6.10 Å². The van der Waals surface area contributed by atoms with Crippen molar-refractivity contribution in [1.29, 1.82) is 0 Å². The van der Waals surface area contributed by atoms with Gasteiger partial charge in [0.2, 0.25) is 0 Å². The maximum absolute atomic E-state index is 11.2. The Morgan fingerprint density at radius 1 is 1.61 bits per heavy atom. The molecule has 0 aromatic heterocycles. The molecule has 0 radical (unpaired) electrons. The number of nitrogens with two attached hydrogens (primary N) is 1. The Kier molecular flexibility index (Phi) is 3.87. The van der Waals surface area contributed by atoms with Gasteiger partial charge in [-0.2, -0.15) is 0 Å². The van der Waals surface area contributed by atoms with Crippen molar-refractivity contribution >= 4 is 5.91 Å². The average Bonchev–Trinajstić information content (AvgIpc) is 2.36. The normalized spacial score (nSPS) is 20.0. The number of hydrogen-bond donors (Lipinski definition) is 2. The molecule has 0 spiro atoms. The quantitative estimate of drug-likeness (QED) is 0.853. The Morgan fingerprint density at radius 3 is 3.06 bits per heavy atom. The fourth-order valence-electron chi connectivity index (χ4n) is 2.40. The maximum atomic E-state index is 11.2. The minimum atomic E-state index is -0.601. The highest BCUT2D eigenvalue weighted by Crippen LogP contribution is 2.35. The number of aliphatic hydroxyl groups is 1. The molecule has 98 valence electrons. The van der Waals surface area contributed by atoms with Gasteiger partial charge in [0.1, 0.15) is 5.75 Å². The third kappa shape index (κ3) is 2.48. The van der Waals surface area contributed by atoms with Crippen molar-refractivity contribution in [2.45, 2.75) is 44.8 Å². The van der Waals surface area contributed by atoms with Crippen LogP contribution in [0.15, 0.2) is 18.2 Å². The van der Waals surface area contributed by atoms with E-state index >= 15 is 0 Å². The smallest absolute Gasteiger partial charge is 0.258 e. The van der Waals surface area contributed by atoms with Gasteiger partial charge in [-0.1, -0.05) is 19.1 Å². The summed E-state index contributed by atoms with van der Waals surface area (Å²) in [6.07, 6.45) is 2.10. The summed E-state index contributed by atoms with van der Waals surface area (Å²) in [4.78, 5) is 11.2. The predicted molar refractivity (Wildman–Crippen MR) is 68.2 cm³/mol. The van der Waals surface area contributed by atoms with Crippen LogP contribution in [-0.4, -0.2) is 17.1 Å². The molecule has 0 saturated carbocycles. The van der Waals surface area contributed by atoms with Gasteiger partial charge in [-0.3, -0.25) is 4.79 Å². The molecule has 0 saturated heterocycles. The van der Waals surface area contributed by atoms with Crippen LogP contribution in [0.2, 0.25) is 0 Å². The van der Waals surface area contributed by atoms with Crippen LogP contribution >= 0.6 is 0 Å². The molecule has 18 heavy (non-hydrogen) atoms. The van der Waals surface area contributed by atoms with E-state index in [1.807, 2.05) is 25.1 Å². The molecule has 1 amide bonds. The predicted octanol–water partition coefficient (Wildman–Crippen LogP) is 1.70. The van der Waals surface area contributed by atoms with Gasteiger partial charge < -0.3 is 15.6 Å². The highest BCUT2D eigenvalue weighted by Gasteiger charge is 2.23. The summed E-state index contributed by atoms with van der Waals surface area (Å²) < 4.78 is 5.69. The van der Waals surface area contributed by atoms with E-state index in [9.17, 15) is 9.90 Å². The second-order valence-electron chi connectivity index (χ2n) is 4.65. The topological polar surface area (TPSA) is 72.6 Å². The van der Waals surface area contributed by atoms with Crippen molar-refractivity contribution in [3.8, 4) is 5.75 Å². The number of carbonyl (C=O) groups excluding carboxylic acids is 1. The lowest BCUT2D eigenvalue weighted by Gasteiger charge is -2.25. The SMILES string of the molecule is CCC(Oc1cccc2c1CCCC2O)C(N)=O. The highest BCUT2D eigenvalue weighted by molar-refractivity contribution is 5.79. The zero-order chi connectivity index (χ0) is 13.1. The molecule has 4 heteroatoms.